The summed E-state index contributed by atoms with van der Waals surface area (Å²) < 4.78 is 20.7. The highest BCUT2D eigenvalue weighted by atomic mass is 19.1. The van der Waals surface area contributed by atoms with Gasteiger partial charge in [-0.1, -0.05) is 6.07 Å². The number of ether oxygens (including phenoxy) is 1. The van der Waals surface area contributed by atoms with Crippen molar-refractivity contribution in [2.75, 3.05) is 20.3 Å². The van der Waals surface area contributed by atoms with Crippen LogP contribution in [0.15, 0.2) is 30.6 Å². The van der Waals surface area contributed by atoms with Gasteiger partial charge in [-0.3, -0.25) is 0 Å². The first kappa shape index (κ1) is 13.7. The van der Waals surface area contributed by atoms with Gasteiger partial charge in [0.05, 0.1) is 12.3 Å². The smallest absolute Gasteiger partial charge is 0.147 e. The zero-order chi connectivity index (χ0) is 13.7. The van der Waals surface area contributed by atoms with Crippen LogP contribution in [-0.4, -0.2) is 29.8 Å². The van der Waals surface area contributed by atoms with Gasteiger partial charge in [-0.25, -0.2) is 9.37 Å². The average molecular weight is 263 g/mol. The monoisotopic (exact) mass is 263 g/mol. The summed E-state index contributed by atoms with van der Waals surface area (Å²) in [7, 11) is 1.66. The fourth-order valence-electron chi connectivity index (χ4n) is 1.90. The van der Waals surface area contributed by atoms with Gasteiger partial charge in [0.1, 0.15) is 11.6 Å². The molecule has 1 N–H and O–H groups in total. The Bertz CT molecular complexity index is 539. The number of benzene rings is 1. The van der Waals surface area contributed by atoms with Gasteiger partial charge in [-0.2, -0.15) is 0 Å². The highest BCUT2D eigenvalue weighted by Gasteiger charge is 2.07. The molecule has 1 aromatic heterocycles. The Hall–Kier alpha value is -1.72. The highest BCUT2D eigenvalue weighted by molar-refractivity contribution is 5.37. The Balaban J connectivity index is 2.07. The second kappa shape index (κ2) is 6.45. The number of nitrogens with one attached hydrogen (secondary N) is 1. The summed E-state index contributed by atoms with van der Waals surface area (Å²) in [6, 6.07) is 5.24. The zero-order valence-electron chi connectivity index (χ0n) is 11.2. The van der Waals surface area contributed by atoms with Gasteiger partial charge in [-0.05, 0) is 24.6 Å². The van der Waals surface area contributed by atoms with Crippen LogP contribution in [0.5, 0.6) is 0 Å². The molecule has 0 aliphatic heterocycles. The van der Waals surface area contributed by atoms with Crippen LogP contribution in [0.4, 0.5) is 4.39 Å². The van der Waals surface area contributed by atoms with E-state index in [1.54, 1.807) is 36.2 Å². The molecule has 0 amide bonds. The number of rotatable bonds is 6. The molecule has 0 aliphatic rings. The molecule has 1 aromatic carbocycles. The van der Waals surface area contributed by atoms with E-state index in [-0.39, 0.29) is 5.82 Å². The second-order valence-electron chi connectivity index (χ2n) is 4.30. The van der Waals surface area contributed by atoms with Gasteiger partial charge < -0.3 is 14.6 Å². The van der Waals surface area contributed by atoms with Crippen molar-refractivity contribution in [1.29, 1.82) is 0 Å². The number of imidazole rings is 1. The Morgan fingerprint density at radius 2 is 2.26 bits per heavy atom. The van der Waals surface area contributed by atoms with Crippen molar-refractivity contribution in [3.8, 4) is 5.69 Å². The SMILES string of the molecule is COCCNCc1ccc(-n2ccnc2C)c(F)c1. The zero-order valence-corrected chi connectivity index (χ0v) is 11.2. The number of aromatic nitrogens is 2. The van der Waals surface area contributed by atoms with Crippen LogP contribution in [0.25, 0.3) is 5.69 Å². The third-order valence-corrected chi connectivity index (χ3v) is 2.91. The molecule has 0 unspecified atom stereocenters. The molecule has 4 nitrogen and oxygen atoms in total. The fraction of sp³-hybridized carbons (Fsp3) is 0.357. The summed E-state index contributed by atoms with van der Waals surface area (Å²) in [4.78, 5) is 4.10. The summed E-state index contributed by atoms with van der Waals surface area (Å²) in [6.07, 6.45) is 3.42. The van der Waals surface area contributed by atoms with E-state index >= 15 is 0 Å². The van der Waals surface area contributed by atoms with Crippen LogP contribution in [-0.2, 0) is 11.3 Å². The molecule has 0 radical (unpaired) electrons. The molecule has 0 aliphatic carbocycles. The van der Waals surface area contributed by atoms with Crippen LogP contribution in [0.1, 0.15) is 11.4 Å². The topological polar surface area (TPSA) is 39.1 Å². The van der Waals surface area contributed by atoms with Gasteiger partial charge >= 0.3 is 0 Å². The lowest BCUT2D eigenvalue weighted by Gasteiger charge is -2.09. The standard InChI is InChI=1S/C14H18FN3O/c1-11-17-5-7-18(11)14-4-3-12(9-13(14)15)10-16-6-8-19-2/h3-5,7,9,16H,6,8,10H2,1-2H3. The summed E-state index contributed by atoms with van der Waals surface area (Å²) in [5.41, 5.74) is 1.44. The predicted octanol–water partition coefficient (Wildman–Crippen LogP) is 2.06. The van der Waals surface area contributed by atoms with Gasteiger partial charge in [0.25, 0.3) is 0 Å². The fourth-order valence-corrected chi connectivity index (χ4v) is 1.90. The van der Waals surface area contributed by atoms with Crippen LogP contribution >= 0.6 is 0 Å². The predicted molar refractivity (Wildman–Crippen MR) is 71.8 cm³/mol. The van der Waals surface area contributed by atoms with Crippen LogP contribution < -0.4 is 5.32 Å². The van der Waals surface area contributed by atoms with E-state index < -0.39 is 0 Å². The maximum absolute atomic E-state index is 14.1. The summed E-state index contributed by atoms with van der Waals surface area (Å²) in [5.74, 6) is 0.525. The van der Waals surface area contributed by atoms with Crippen molar-refractivity contribution in [1.82, 2.24) is 14.9 Å². The Morgan fingerprint density at radius 1 is 1.42 bits per heavy atom. The minimum Gasteiger partial charge on any atom is -0.383 e. The van der Waals surface area contributed by atoms with Crippen molar-refractivity contribution in [3.63, 3.8) is 0 Å². The summed E-state index contributed by atoms with van der Waals surface area (Å²) >= 11 is 0. The quantitative estimate of drug-likeness (QED) is 0.811. The van der Waals surface area contributed by atoms with E-state index in [2.05, 4.69) is 10.3 Å². The van der Waals surface area contributed by atoms with Crippen molar-refractivity contribution in [2.24, 2.45) is 0 Å². The van der Waals surface area contributed by atoms with E-state index in [0.717, 1.165) is 17.9 Å². The van der Waals surface area contributed by atoms with Crippen LogP contribution in [0.2, 0.25) is 0 Å². The summed E-state index contributed by atoms with van der Waals surface area (Å²) in [5, 5.41) is 3.18. The van der Waals surface area contributed by atoms with Crippen molar-refractivity contribution in [3.05, 3.63) is 47.8 Å². The molecule has 19 heavy (non-hydrogen) atoms. The van der Waals surface area contributed by atoms with Crippen molar-refractivity contribution in [2.45, 2.75) is 13.5 Å². The van der Waals surface area contributed by atoms with E-state index in [1.165, 1.54) is 0 Å². The lowest BCUT2D eigenvalue weighted by atomic mass is 10.2. The first-order chi connectivity index (χ1) is 9.22. The first-order valence-corrected chi connectivity index (χ1v) is 6.21. The highest BCUT2D eigenvalue weighted by Crippen LogP contribution is 2.16. The normalized spacial score (nSPS) is 10.9. The Morgan fingerprint density at radius 3 is 2.89 bits per heavy atom. The second-order valence-corrected chi connectivity index (χ2v) is 4.30. The maximum atomic E-state index is 14.1. The van der Waals surface area contributed by atoms with E-state index in [0.29, 0.717) is 18.8 Å². The summed E-state index contributed by atoms with van der Waals surface area (Å²) in [6.45, 7) is 3.87. The van der Waals surface area contributed by atoms with Crippen LogP contribution in [0, 0.1) is 12.7 Å². The molecule has 1 heterocycles. The molecule has 102 valence electrons. The molecular weight excluding hydrogens is 245 g/mol. The number of nitrogens with zero attached hydrogens (tertiary/aromatic N) is 2. The molecule has 0 saturated carbocycles. The Labute approximate surface area is 112 Å². The van der Waals surface area contributed by atoms with E-state index in [9.17, 15) is 4.39 Å². The van der Waals surface area contributed by atoms with Gasteiger partial charge in [0.15, 0.2) is 0 Å². The lowest BCUT2D eigenvalue weighted by Crippen LogP contribution is -2.18. The molecule has 2 aromatic rings. The molecule has 0 spiro atoms. The number of aryl methyl sites for hydroxylation is 1. The molecule has 0 saturated heterocycles. The first-order valence-electron chi connectivity index (χ1n) is 6.21. The third kappa shape index (κ3) is 3.39. The van der Waals surface area contributed by atoms with Crippen molar-refractivity contribution >= 4 is 0 Å². The van der Waals surface area contributed by atoms with E-state index in [1.807, 2.05) is 13.0 Å². The maximum Gasteiger partial charge on any atom is 0.147 e. The largest absolute Gasteiger partial charge is 0.383 e. The van der Waals surface area contributed by atoms with Gasteiger partial charge in [0.2, 0.25) is 0 Å². The third-order valence-electron chi connectivity index (χ3n) is 2.91. The van der Waals surface area contributed by atoms with Crippen molar-refractivity contribution < 1.29 is 9.13 Å². The Kier molecular flexibility index (Phi) is 4.65. The van der Waals surface area contributed by atoms with Gasteiger partial charge in [-0.15, -0.1) is 0 Å². The minimum atomic E-state index is -0.243. The average Bonchev–Trinajstić information content (AvgIpc) is 2.81. The van der Waals surface area contributed by atoms with Crippen LogP contribution in [0.3, 0.4) is 0 Å². The minimum absolute atomic E-state index is 0.243. The number of methoxy groups -OCH3 is 1. The molecule has 5 heteroatoms. The van der Waals surface area contributed by atoms with Gasteiger partial charge in [0, 0.05) is 32.6 Å². The van der Waals surface area contributed by atoms with E-state index in [4.69, 9.17) is 4.74 Å². The molecule has 0 bridgehead atoms. The molecule has 0 atom stereocenters. The molecule has 0 fully saturated rings. The number of hydrogen-bond acceptors (Lipinski definition) is 3. The number of hydrogen-bond donors (Lipinski definition) is 1. The lowest BCUT2D eigenvalue weighted by molar-refractivity contribution is 0.199. The molecule has 2 rings (SSSR count). The number of halogens is 1. The molecular formula is C14H18FN3O.